The first kappa shape index (κ1) is 17.1. The first-order valence-corrected chi connectivity index (χ1v) is 9.26. The molecule has 0 saturated carbocycles. The van der Waals surface area contributed by atoms with Crippen LogP contribution in [0.25, 0.3) is 0 Å². The Bertz CT molecular complexity index is 654. The van der Waals surface area contributed by atoms with Gasteiger partial charge >= 0.3 is 0 Å². The molecule has 0 radical (unpaired) electrons. The maximum atomic E-state index is 12.9. The van der Waals surface area contributed by atoms with E-state index in [1.54, 1.807) is 0 Å². The average molecular weight is 345 g/mol. The lowest BCUT2D eigenvalue weighted by atomic mass is 10.0. The SMILES string of the molecule is CCc1ccc(C(=O)N2CCOC[C@@H]2C[C@@H](O)c2cccs2)cc1. The van der Waals surface area contributed by atoms with Crippen molar-refractivity contribution in [2.45, 2.75) is 31.9 Å². The molecule has 5 heteroatoms. The van der Waals surface area contributed by atoms with Gasteiger partial charge < -0.3 is 14.7 Å². The van der Waals surface area contributed by atoms with Gasteiger partial charge in [0.05, 0.1) is 25.4 Å². The number of nitrogens with zero attached hydrogens (tertiary/aromatic N) is 1. The van der Waals surface area contributed by atoms with E-state index in [0.29, 0.717) is 31.7 Å². The lowest BCUT2D eigenvalue weighted by Crippen LogP contribution is -2.49. The van der Waals surface area contributed by atoms with Crippen molar-refractivity contribution in [3.63, 3.8) is 0 Å². The second kappa shape index (κ2) is 7.92. The normalized spacial score (nSPS) is 19.2. The number of benzene rings is 1. The Labute approximate surface area is 146 Å². The highest BCUT2D eigenvalue weighted by Gasteiger charge is 2.30. The van der Waals surface area contributed by atoms with Crippen LogP contribution in [0.1, 0.15) is 40.2 Å². The Kier molecular flexibility index (Phi) is 5.66. The van der Waals surface area contributed by atoms with E-state index in [2.05, 4.69) is 6.92 Å². The van der Waals surface area contributed by atoms with Gasteiger partial charge in [-0.05, 0) is 35.6 Å². The Morgan fingerprint density at radius 1 is 1.38 bits per heavy atom. The number of aryl methyl sites for hydroxylation is 1. The molecule has 128 valence electrons. The molecule has 1 saturated heterocycles. The Morgan fingerprint density at radius 2 is 2.17 bits per heavy atom. The largest absolute Gasteiger partial charge is 0.387 e. The summed E-state index contributed by atoms with van der Waals surface area (Å²) in [7, 11) is 0. The molecule has 1 aromatic carbocycles. The van der Waals surface area contributed by atoms with E-state index in [1.807, 2.05) is 46.7 Å². The molecule has 0 aliphatic carbocycles. The highest BCUT2D eigenvalue weighted by molar-refractivity contribution is 7.10. The van der Waals surface area contributed by atoms with Gasteiger partial charge in [0.25, 0.3) is 5.91 Å². The van der Waals surface area contributed by atoms with Crippen molar-refractivity contribution in [2.75, 3.05) is 19.8 Å². The van der Waals surface area contributed by atoms with E-state index in [9.17, 15) is 9.90 Å². The van der Waals surface area contributed by atoms with Crippen LogP contribution in [0.3, 0.4) is 0 Å². The molecule has 3 rings (SSSR count). The molecule has 1 aliphatic heterocycles. The number of morpholine rings is 1. The van der Waals surface area contributed by atoms with Crippen LogP contribution in [-0.4, -0.2) is 41.7 Å². The summed E-state index contributed by atoms with van der Waals surface area (Å²) in [4.78, 5) is 15.6. The second-order valence-corrected chi connectivity index (χ2v) is 7.02. The van der Waals surface area contributed by atoms with Crippen molar-refractivity contribution >= 4 is 17.2 Å². The molecule has 0 spiro atoms. The summed E-state index contributed by atoms with van der Waals surface area (Å²) in [6.07, 6.45) is 0.899. The third-order valence-electron chi connectivity index (χ3n) is 4.46. The Morgan fingerprint density at radius 3 is 2.83 bits per heavy atom. The van der Waals surface area contributed by atoms with Crippen LogP contribution in [0.2, 0.25) is 0 Å². The number of hydrogen-bond donors (Lipinski definition) is 1. The fourth-order valence-corrected chi connectivity index (χ4v) is 3.75. The molecular formula is C19H23NO3S. The molecule has 1 aromatic heterocycles. The van der Waals surface area contributed by atoms with Crippen LogP contribution < -0.4 is 0 Å². The summed E-state index contributed by atoms with van der Waals surface area (Å²) < 4.78 is 5.55. The number of carbonyl (C=O) groups excluding carboxylic acids is 1. The Hall–Kier alpha value is -1.69. The number of aliphatic hydroxyl groups excluding tert-OH is 1. The van der Waals surface area contributed by atoms with E-state index in [0.717, 1.165) is 11.3 Å². The first-order chi connectivity index (χ1) is 11.7. The number of ether oxygens (including phenoxy) is 1. The zero-order chi connectivity index (χ0) is 16.9. The third kappa shape index (κ3) is 3.86. The van der Waals surface area contributed by atoms with Crippen molar-refractivity contribution in [1.29, 1.82) is 0 Å². The quantitative estimate of drug-likeness (QED) is 0.905. The molecular weight excluding hydrogens is 322 g/mol. The minimum Gasteiger partial charge on any atom is -0.387 e. The highest BCUT2D eigenvalue weighted by atomic mass is 32.1. The minimum atomic E-state index is -0.561. The lowest BCUT2D eigenvalue weighted by Gasteiger charge is -2.36. The van der Waals surface area contributed by atoms with E-state index in [-0.39, 0.29) is 11.9 Å². The van der Waals surface area contributed by atoms with Gasteiger partial charge in [0, 0.05) is 23.4 Å². The summed E-state index contributed by atoms with van der Waals surface area (Å²) in [5.41, 5.74) is 1.92. The maximum Gasteiger partial charge on any atom is 0.254 e. The van der Waals surface area contributed by atoms with Crippen LogP contribution >= 0.6 is 11.3 Å². The zero-order valence-corrected chi connectivity index (χ0v) is 14.7. The van der Waals surface area contributed by atoms with E-state index in [1.165, 1.54) is 16.9 Å². The van der Waals surface area contributed by atoms with Gasteiger partial charge in [0.1, 0.15) is 0 Å². The average Bonchev–Trinajstić information content (AvgIpc) is 3.16. The van der Waals surface area contributed by atoms with Crippen LogP contribution in [0.5, 0.6) is 0 Å². The molecule has 1 N–H and O–H groups in total. The highest BCUT2D eigenvalue weighted by Crippen LogP contribution is 2.26. The van der Waals surface area contributed by atoms with Crippen molar-refractivity contribution in [3.05, 3.63) is 57.8 Å². The van der Waals surface area contributed by atoms with Gasteiger partial charge in [0.15, 0.2) is 0 Å². The lowest BCUT2D eigenvalue weighted by molar-refractivity contribution is -0.0170. The first-order valence-electron chi connectivity index (χ1n) is 8.38. The fourth-order valence-electron chi connectivity index (χ4n) is 3.02. The summed E-state index contributed by atoms with van der Waals surface area (Å²) in [6.45, 7) is 3.68. The van der Waals surface area contributed by atoms with E-state index >= 15 is 0 Å². The molecule has 2 atom stereocenters. The van der Waals surface area contributed by atoms with Crippen LogP contribution in [0.15, 0.2) is 41.8 Å². The summed E-state index contributed by atoms with van der Waals surface area (Å²) >= 11 is 1.54. The molecule has 24 heavy (non-hydrogen) atoms. The zero-order valence-electron chi connectivity index (χ0n) is 13.9. The number of thiophene rings is 1. The third-order valence-corrected chi connectivity index (χ3v) is 5.44. The predicted octanol–water partition coefficient (Wildman–Crippen LogP) is 3.28. The number of carbonyl (C=O) groups is 1. The van der Waals surface area contributed by atoms with Gasteiger partial charge in [0.2, 0.25) is 0 Å². The molecule has 4 nitrogen and oxygen atoms in total. The molecule has 0 unspecified atom stereocenters. The fraction of sp³-hybridized carbons (Fsp3) is 0.421. The predicted molar refractivity (Wildman–Crippen MR) is 95.4 cm³/mol. The molecule has 2 heterocycles. The smallest absolute Gasteiger partial charge is 0.254 e. The molecule has 0 bridgehead atoms. The molecule has 1 fully saturated rings. The molecule has 2 aromatic rings. The summed E-state index contributed by atoms with van der Waals surface area (Å²) in [5, 5.41) is 12.4. The summed E-state index contributed by atoms with van der Waals surface area (Å²) in [5.74, 6) is 0.0179. The van der Waals surface area contributed by atoms with Gasteiger partial charge in [-0.2, -0.15) is 0 Å². The number of rotatable bonds is 5. The van der Waals surface area contributed by atoms with E-state index < -0.39 is 6.10 Å². The van der Waals surface area contributed by atoms with E-state index in [4.69, 9.17) is 4.74 Å². The van der Waals surface area contributed by atoms with Crippen LogP contribution in [0.4, 0.5) is 0 Å². The number of amides is 1. The standard InChI is InChI=1S/C19H23NO3S/c1-2-14-5-7-15(8-6-14)19(22)20-9-10-23-13-16(20)12-17(21)18-4-3-11-24-18/h3-8,11,16-17,21H,2,9-10,12-13H2,1H3/t16-,17+/m0/s1. The van der Waals surface area contributed by atoms with Crippen molar-refractivity contribution in [1.82, 2.24) is 4.90 Å². The van der Waals surface area contributed by atoms with Crippen LogP contribution in [-0.2, 0) is 11.2 Å². The van der Waals surface area contributed by atoms with Crippen molar-refractivity contribution in [2.24, 2.45) is 0 Å². The van der Waals surface area contributed by atoms with Crippen molar-refractivity contribution in [3.8, 4) is 0 Å². The maximum absolute atomic E-state index is 12.9. The van der Waals surface area contributed by atoms with Gasteiger partial charge in [-0.15, -0.1) is 11.3 Å². The van der Waals surface area contributed by atoms with Gasteiger partial charge in [-0.3, -0.25) is 4.79 Å². The van der Waals surface area contributed by atoms with Gasteiger partial charge in [-0.1, -0.05) is 25.1 Å². The molecule has 1 aliphatic rings. The minimum absolute atomic E-state index is 0.0179. The monoisotopic (exact) mass is 345 g/mol. The van der Waals surface area contributed by atoms with Crippen molar-refractivity contribution < 1.29 is 14.6 Å². The second-order valence-electron chi connectivity index (χ2n) is 6.04. The van der Waals surface area contributed by atoms with Gasteiger partial charge in [-0.25, -0.2) is 0 Å². The number of hydrogen-bond acceptors (Lipinski definition) is 4. The summed E-state index contributed by atoms with van der Waals surface area (Å²) in [6, 6.07) is 11.5. The van der Waals surface area contributed by atoms with Crippen LogP contribution in [0, 0.1) is 0 Å². The number of aliphatic hydroxyl groups is 1. The topological polar surface area (TPSA) is 49.8 Å². The Balaban J connectivity index is 1.72. The molecule has 1 amide bonds.